The van der Waals surface area contributed by atoms with Crippen LogP contribution in [0.1, 0.15) is 36.3 Å². The Balaban J connectivity index is 1.60. The molecule has 1 unspecified atom stereocenters. The number of benzene rings is 1. The summed E-state index contributed by atoms with van der Waals surface area (Å²) in [7, 11) is 0. The maximum Gasteiger partial charge on any atom is 0.0312 e. The van der Waals surface area contributed by atoms with Gasteiger partial charge in [0.1, 0.15) is 0 Å². The van der Waals surface area contributed by atoms with Gasteiger partial charge in [-0.15, -0.1) is 0 Å². The van der Waals surface area contributed by atoms with Crippen LogP contribution >= 0.6 is 0 Å². The SMILES string of the molecule is c1ccc(C2CCCN(Cc3cccnc3)CC2)cc1. The first-order valence-corrected chi connectivity index (χ1v) is 7.58. The number of hydrogen-bond acceptors (Lipinski definition) is 2. The van der Waals surface area contributed by atoms with E-state index in [1.54, 1.807) is 0 Å². The van der Waals surface area contributed by atoms with Crippen molar-refractivity contribution in [2.75, 3.05) is 13.1 Å². The molecule has 1 aromatic heterocycles. The van der Waals surface area contributed by atoms with Crippen LogP contribution in [0.15, 0.2) is 54.9 Å². The van der Waals surface area contributed by atoms with E-state index >= 15 is 0 Å². The number of pyridine rings is 1. The van der Waals surface area contributed by atoms with Gasteiger partial charge in [-0.05, 0) is 55.5 Å². The summed E-state index contributed by atoms with van der Waals surface area (Å²) in [6.07, 6.45) is 7.70. The summed E-state index contributed by atoms with van der Waals surface area (Å²) in [6, 6.07) is 15.2. The Morgan fingerprint density at radius 3 is 2.70 bits per heavy atom. The van der Waals surface area contributed by atoms with Crippen LogP contribution in [0, 0.1) is 0 Å². The van der Waals surface area contributed by atoms with Crippen LogP contribution in [0.2, 0.25) is 0 Å². The summed E-state index contributed by atoms with van der Waals surface area (Å²) < 4.78 is 0. The minimum Gasteiger partial charge on any atom is -0.299 e. The molecule has 1 aromatic carbocycles. The second kappa shape index (κ2) is 6.67. The lowest BCUT2D eigenvalue weighted by molar-refractivity contribution is 0.275. The van der Waals surface area contributed by atoms with Gasteiger partial charge < -0.3 is 0 Å². The van der Waals surface area contributed by atoms with E-state index in [2.05, 4.69) is 46.3 Å². The molecule has 3 rings (SSSR count). The summed E-state index contributed by atoms with van der Waals surface area (Å²) in [4.78, 5) is 6.78. The second-order valence-corrected chi connectivity index (χ2v) is 5.68. The van der Waals surface area contributed by atoms with Crippen molar-refractivity contribution < 1.29 is 0 Å². The third kappa shape index (κ3) is 3.45. The Labute approximate surface area is 121 Å². The first-order chi connectivity index (χ1) is 9.92. The summed E-state index contributed by atoms with van der Waals surface area (Å²) in [5, 5.41) is 0. The zero-order valence-corrected chi connectivity index (χ0v) is 11.9. The molecule has 0 bridgehead atoms. The van der Waals surface area contributed by atoms with Crippen LogP contribution in [-0.2, 0) is 6.54 Å². The van der Waals surface area contributed by atoms with E-state index < -0.39 is 0 Å². The Hall–Kier alpha value is -1.67. The minimum atomic E-state index is 0.732. The average Bonchev–Trinajstić information content (AvgIpc) is 2.75. The molecule has 2 aromatic rings. The highest BCUT2D eigenvalue weighted by Crippen LogP contribution is 2.28. The average molecular weight is 266 g/mol. The van der Waals surface area contributed by atoms with Crippen LogP contribution in [0.3, 0.4) is 0 Å². The normalized spacial score (nSPS) is 20.5. The van der Waals surface area contributed by atoms with Crippen LogP contribution < -0.4 is 0 Å². The van der Waals surface area contributed by atoms with Crippen molar-refractivity contribution in [3.63, 3.8) is 0 Å². The summed E-state index contributed by atoms with van der Waals surface area (Å²) in [6.45, 7) is 3.43. The second-order valence-electron chi connectivity index (χ2n) is 5.68. The fourth-order valence-electron chi connectivity index (χ4n) is 3.12. The summed E-state index contributed by atoms with van der Waals surface area (Å²) in [5.41, 5.74) is 2.83. The van der Waals surface area contributed by atoms with Crippen LogP contribution in [0.4, 0.5) is 0 Å². The van der Waals surface area contributed by atoms with Crippen LogP contribution in [-0.4, -0.2) is 23.0 Å². The molecule has 0 radical (unpaired) electrons. The number of rotatable bonds is 3. The van der Waals surface area contributed by atoms with E-state index in [1.165, 1.54) is 43.5 Å². The Morgan fingerprint density at radius 1 is 1.00 bits per heavy atom. The van der Waals surface area contributed by atoms with E-state index in [9.17, 15) is 0 Å². The van der Waals surface area contributed by atoms with Gasteiger partial charge in [0.15, 0.2) is 0 Å². The fourth-order valence-corrected chi connectivity index (χ4v) is 3.12. The van der Waals surface area contributed by atoms with E-state index in [1.807, 2.05) is 18.5 Å². The fraction of sp³-hybridized carbons (Fsp3) is 0.389. The van der Waals surface area contributed by atoms with Gasteiger partial charge in [-0.1, -0.05) is 36.4 Å². The molecule has 2 heterocycles. The molecule has 2 heteroatoms. The Morgan fingerprint density at radius 2 is 1.90 bits per heavy atom. The number of nitrogens with zero attached hydrogens (tertiary/aromatic N) is 2. The smallest absolute Gasteiger partial charge is 0.0312 e. The monoisotopic (exact) mass is 266 g/mol. The third-order valence-corrected chi connectivity index (χ3v) is 4.22. The van der Waals surface area contributed by atoms with E-state index in [-0.39, 0.29) is 0 Å². The lowest BCUT2D eigenvalue weighted by Gasteiger charge is -2.20. The van der Waals surface area contributed by atoms with Crippen molar-refractivity contribution in [3.05, 3.63) is 66.0 Å². The molecule has 0 spiro atoms. The largest absolute Gasteiger partial charge is 0.299 e. The molecular formula is C18H22N2. The molecule has 1 aliphatic heterocycles. The molecule has 1 atom stereocenters. The van der Waals surface area contributed by atoms with Gasteiger partial charge in [0.25, 0.3) is 0 Å². The molecule has 0 aliphatic carbocycles. The lowest BCUT2D eigenvalue weighted by atomic mass is 9.92. The van der Waals surface area contributed by atoms with Gasteiger partial charge in [0, 0.05) is 18.9 Å². The van der Waals surface area contributed by atoms with Gasteiger partial charge >= 0.3 is 0 Å². The number of aromatic nitrogens is 1. The molecule has 2 nitrogen and oxygen atoms in total. The molecular weight excluding hydrogens is 244 g/mol. The van der Waals surface area contributed by atoms with Gasteiger partial charge in [-0.3, -0.25) is 9.88 Å². The zero-order chi connectivity index (χ0) is 13.6. The minimum absolute atomic E-state index is 0.732. The first-order valence-electron chi connectivity index (χ1n) is 7.58. The van der Waals surface area contributed by atoms with Crippen molar-refractivity contribution in [1.29, 1.82) is 0 Å². The molecule has 1 fully saturated rings. The maximum absolute atomic E-state index is 4.21. The van der Waals surface area contributed by atoms with Crippen LogP contribution in [0.25, 0.3) is 0 Å². The van der Waals surface area contributed by atoms with Gasteiger partial charge in [0.05, 0.1) is 0 Å². The predicted octanol–water partition coefficient (Wildman–Crippen LogP) is 3.85. The molecule has 20 heavy (non-hydrogen) atoms. The van der Waals surface area contributed by atoms with Crippen molar-refractivity contribution >= 4 is 0 Å². The van der Waals surface area contributed by atoms with E-state index in [0.717, 1.165) is 12.5 Å². The highest BCUT2D eigenvalue weighted by Gasteiger charge is 2.18. The van der Waals surface area contributed by atoms with E-state index in [4.69, 9.17) is 0 Å². The van der Waals surface area contributed by atoms with Crippen molar-refractivity contribution in [3.8, 4) is 0 Å². The van der Waals surface area contributed by atoms with Crippen molar-refractivity contribution in [2.24, 2.45) is 0 Å². The number of likely N-dealkylation sites (tertiary alicyclic amines) is 1. The highest BCUT2D eigenvalue weighted by atomic mass is 15.1. The molecule has 104 valence electrons. The van der Waals surface area contributed by atoms with Gasteiger partial charge in [-0.2, -0.15) is 0 Å². The van der Waals surface area contributed by atoms with E-state index in [0.29, 0.717) is 0 Å². The highest BCUT2D eigenvalue weighted by molar-refractivity contribution is 5.19. The Kier molecular flexibility index (Phi) is 4.44. The van der Waals surface area contributed by atoms with Crippen molar-refractivity contribution in [2.45, 2.75) is 31.7 Å². The Bertz CT molecular complexity index is 509. The standard InChI is InChI=1S/C18H22N2/c1-2-7-17(8-3-1)18-9-5-12-20(13-10-18)15-16-6-4-11-19-14-16/h1-4,6-8,11,14,18H,5,9-10,12-13,15H2. The molecule has 1 saturated heterocycles. The zero-order valence-electron chi connectivity index (χ0n) is 11.9. The molecule has 0 saturated carbocycles. The first kappa shape index (κ1) is 13.3. The topological polar surface area (TPSA) is 16.1 Å². The van der Waals surface area contributed by atoms with Crippen LogP contribution in [0.5, 0.6) is 0 Å². The molecule has 0 amide bonds. The van der Waals surface area contributed by atoms with Gasteiger partial charge in [-0.25, -0.2) is 0 Å². The number of hydrogen-bond donors (Lipinski definition) is 0. The lowest BCUT2D eigenvalue weighted by Crippen LogP contribution is -2.24. The summed E-state index contributed by atoms with van der Waals surface area (Å²) in [5.74, 6) is 0.732. The van der Waals surface area contributed by atoms with Gasteiger partial charge in [0.2, 0.25) is 0 Å². The molecule has 1 aliphatic rings. The molecule has 0 N–H and O–H groups in total. The third-order valence-electron chi connectivity index (χ3n) is 4.22. The summed E-state index contributed by atoms with van der Waals surface area (Å²) >= 11 is 0. The van der Waals surface area contributed by atoms with Crippen molar-refractivity contribution in [1.82, 2.24) is 9.88 Å². The predicted molar refractivity (Wildman–Crippen MR) is 82.5 cm³/mol. The maximum atomic E-state index is 4.21. The quantitative estimate of drug-likeness (QED) is 0.839.